The van der Waals surface area contributed by atoms with Crippen LogP contribution < -0.4 is 9.80 Å². The van der Waals surface area contributed by atoms with Crippen molar-refractivity contribution in [3.63, 3.8) is 0 Å². The number of ketones is 2. The maximum Gasteiger partial charge on any atom is 0.235 e. The van der Waals surface area contributed by atoms with Crippen molar-refractivity contribution in [3.05, 3.63) is 59.7 Å². The number of hydrogen-bond donors (Lipinski definition) is 0. The Morgan fingerprint density at radius 2 is 0.955 bits per heavy atom. The molecule has 22 heavy (non-hydrogen) atoms. The lowest BCUT2D eigenvalue weighted by Gasteiger charge is -2.18. The van der Waals surface area contributed by atoms with Crippen LogP contribution in [-0.2, 0) is 0 Å². The van der Waals surface area contributed by atoms with Crippen molar-refractivity contribution in [2.24, 2.45) is 0 Å². The van der Waals surface area contributed by atoms with Crippen molar-refractivity contribution in [2.75, 3.05) is 38.0 Å². The third-order valence-corrected chi connectivity index (χ3v) is 3.47. The Morgan fingerprint density at radius 3 is 1.27 bits per heavy atom. The van der Waals surface area contributed by atoms with Gasteiger partial charge in [0.05, 0.1) is 0 Å². The zero-order chi connectivity index (χ0) is 16.3. The second-order valence-electron chi connectivity index (χ2n) is 5.48. The average molecular weight is 296 g/mol. The zero-order valence-corrected chi connectivity index (χ0v) is 13.3. The van der Waals surface area contributed by atoms with E-state index in [1.54, 1.807) is 24.3 Å². The molecule has 0 heterocycles. The van der Waals surface area contributed by atoms with Gasteiger partial charge in [0.25, 0.3) is 0 Å². The van der Waals surface area contributed by atoms with Crippen molar-refractivity contribution in [1.29, 1.82) is 0 Å². The van der Waals surface area contributed by atoms with Crippen molar-refractivity contribution >= 4 is 22.9 Å². The molecule has 2 aromatic rings. The Bertz CT molecular complexity index is 644. The minimum atomic E-state index is -0.487. The van der Waals surface area contributed by atoms with Crippen molar-refractivity contribution in [1.82, 2.24) is 0 Å². The van der Waals surface area contributed by atoms with Crippen LogP contribution in [0.3, 0.4) is 0 Å². The van der Waals surface area contributed by atoms with Gasteiger partial charge in [0, 0.05) is 50.7 Å². The summed E-state index contributed by atoms with van der Waals surface area (Å²) in [5.41, 5.74) is 2.32. The number of hydrogen-bond acceptors (Lipinski definition) is 4. The van der Waals surface area contributed by atoms with Crippen LogP contribution in [0.25, 0.3) is 0 Å². The van der Waals surface area contributed by atoms with E-state index in [1.807, 2.05) is 62.3 Å². The van der Waals surface area contributed by atoms with E-state index in [1.165, 1.54) is 0 Å². The summed E-state index contributed by atoms with van der Waals surface area (Å²) >= 11 is 0. The highest BCUT2D eigenvalue weighted by Crippen LogP contribution is 2.23. The average Bonchev–Trinajstić information content (AvgIpc) is 2.53. The van der Waals surface area contributed by atoms with Crippen molar-refractivity contribution < 1.29 is 9.59 Å². The van der Waals surface area contributed by atoms with E-state index in [0.717, 1.165) is 11.4 Å². The smallest absolute Gasteiger partial charge is 0.235 e. The Hall–Kier alpha value is -2.62. The lowest BCUT2D eigenvalue weighted by Crippen LogP contribution is -2.22. The van der Waals surface area contributed by atoms with Gasteiger partial charge in [-0.3, -0.25) is 9.59 Å². The molecule has 0 atom stereocenters. The monoisotopic (exact) mass is 296 g/mol. The quantitative estimate of drug-likeness (QED) is 0.628. The van der Waals surface area contributed by atoms with Gasteiger partial charge in [-0.2, -0.15) is 0 Å². The predicted molar refractivity (Wildman–Crippen MR) is 90.2 cm³/mol. The van der Waals surface area contributed by atoms with Gasteiger partial charge in [-0.15, -0.1) is 0 Å². The van der Waals surface area contributed by atoms with Gasteiger partial charge >= 0.3 is 0 Å². The number of nitrogens with zero attached hydrogens (tertiary/aromatic N) is 2. The molecule has 0 bridgehead atoms. The third-order valence-electron chi connectivity index (χ3n) is 3.47. The first-order chi connectivity index (χ1) is 10.4. The Kier molecular flexibility index (Phi) is 4.61. The maximum absolute atomic E-state index is 12.7. The summed E-state index contributed by atoms with van der Waals surface area (Å²) in [5.74, 6) is -0.975. The van der Waals surface area contributed by atoms with Gasteiger partial charge in [-0.05, 0) is 24.3 Å². The maximum atomic E-state index is 12.7. The molecular formula is C18H20N2O2. The summed E-state index contributed by atoms with van der Waals surface area (Å²) in [7, 11) is 7.41. The summed E-state index contributed by atoms with van der Waals surface area (Å²) < 4.78 is 0. The highest BCUT2D eigenvalue weighted by molar-refractivity contribution is 6.51. The molecule has 0 aromatic heterocycles. The molecule has 0 fully saturated rings. The lowest BCUT2D eigenvalue weighted by molar-refractivity contribution is 0.0817. The van der Waals surface area contributed by atoms with Gasteiger partial charge in [-0.1, -0.05) is 24.3 Å². The van der Waals surface area contributed by atoms with E-state index in [2.05, 4.69) is 0 Å². The van der Waals surface area contributed by atoms with Crippen molar-refractivity contribution in [2.45, 2.75) is 0 Å². The van der Waals surface area contributed by atoms with E-state index >= 15 is 0 Å². The second kappa shape index (κ2) is 6.43. The summed E-state index contributed by atoms with van der Waals surface area (Å²) in [4.78, 5) is 29.0. The molecule has 0 unspecified atom stereocenters. The Labute approximate surface area is 131 Å². The van der Waals surface area contributed by atoms with Gasteiger partial charge in [0.1, 0.15) is 0 Å². The van der Waals surface area contributed by atoms with Crippen LogP contribution in [0.4, 0.5) is 11.4 Å². The number of Topliss-reactive ketones (excluding diaryl/α,β-unsaturated/α-hetero) is 2. The predicted octanol–water partition coefficient (Wildman–Crippen LogP) is 2.88. The minimum Gasteiger partial charge on any atom is -0.377 e. The number of benzene rings is 2. The zero-order valence-electron chi connectivity index (χ0n) is 13.3. The van der Waals surface area contributed by atoms with Gasteiger partial charge in [0.2, 0.25) is 11.6 Å². The number of carbonyl (C=O) groups is 2. The molecule has 4 heteroatoms. The van der Waals surface area contributed by atoms with Crippen molar-refractivity contribution in [3.8, 4) is 0 Å². The standard InChI is InChI=1S/C18H20N2O2/c1-19(2)15-11-7-5-9-13(15)17(21)18(22)14-10-6-8-12-16(14)20(3)4/h5-12H,1-4H3. The number of anilines is 2. The molecule has 0 radical (unpaired) electrons. The van der Waals surface area contributed by atoms with E-state index in [0.29, 0.717) is 11.1 Å². The second-order valence-corrected chi connectivity index (χ2v) is 5.48. The van der Waals surface area contributed by atoms with Crippen LogP contribution in [0.2, 0.25) is 0 Å². The van der Waals surface area contributed by atoms with Crippen LogP contribution in [-0.4, -0.2) is 39.8 Å². The first kappa shape index (κ1) is 15.8. The lowest BCUT2D eigenvalue weighted by atomic mass is 9.98. The molecule has 2 rings (SSSR count). The van der Waals surface area contributed by atoms with E-state index in [-0.39, 0.29) is 0 Å². The van der Waals surface area contributed by atoms with Crippen LogP contribution >= 0.6 is 0 Å². The van der Waals surface area contributed by atoms with E-state index in [9.17, 15) is 9.59 Å². The van der Waals surface area contributed by atoms with Crippen LogP contribution in [0.1, 0.15) is 20.7 Å². The Morgan fingerprint density at radius 1 is 0.636 bits per heavy atom. The van der Waals surface area contributed by atoms with Gasteiger partial charge in [-0.25, -0.2) is 0 Å². The fourth-order valence-electron chi connectivity index (χ4n) is 2.36. The van der Waals surface area contributed by atoms with Gasteiger partial charge < -0.3 is 9.80 Å². The van der Waals surface area contributed by atoms with Crippen LogP contribution in [0.5, 0.6) is 0 Å². The molecule has 0 amide bonds. The molecular weight excluding hydrogens is 276 g/mol. The molecule has 0 saturated heterocycles. The molecule has 0 N–H and O–H groups in total. The highest BCUT2D eigenvalue weighted by Gasteiger charge is 2.24. The molecule has 0 spiro atoms. The normalized spacial score (nSPS) is 10.2. The Balaban J connectivity index is 2.45. The largest absolute Gasteiger partial charge is 0.377 e. The molecule has 114 valence electrons. The summed E-state index contributed by atoms with van der Waals surface area (Å²) in [6.45, 7) is 0. The van der Waals surface area contributed by atoms with Crippen LogP contribution in [0.15, 0.2) is 48.5 Å². The first-order valence-corrected chi connectivity index (χ1v) is 7.05. The fourth-order valence-corrected chi connectivity index (χ4v) is 2.36. The third kappa shape index (κ3) is 3.01. The van der Waals surface area contributed by atoms with E-state index < -0.39 is 11.6 Å². The minimum absolute atomic E-state index is 0.422. The molecule has 4 nitrogen and oxygen atoms in total. The highest BCUT2D eigenvalue weighted by atomic mass is 16.2. The molecule has 0 saturated carbocycles. The van der Waals surface area contributed by atoms with E-state index in [4.69, 9.17) is 0 Å². The summed E-state index contributed by atoms with van der Waals surface area (Å²) in [6.07, 6.45) is 0. The summed E-state index contributed by atoms with van der Waals surface area (Å²) in [6, 6.07) is 14.3. The molecule has 0 aliphatic heterocycles. The SMILES string of the molecule is CN(C)c1ccccc1C(=O)C(=O)c1ccccc1N(C)C. The summed E-state index contributed by atoms with van der Waals surface area (Å²) in [5, 5.41) is 0. The van der Waals surface area contributed by atoms with Gasteiger partial charge in [0.15, 0.2) is 0 Å². The number of rotatable bonds is 5. The first-order valence-electron chi connectivity index (χ1n) is 7.05. The molecule has 0 aliphatic carbocycles. The molecule has 0 aliphatic rings. The topological polar surface area (TPSA) is 40.6 Å². The number of carbonyl (C=O) groups excluding carboxylic acids is 2. The fraction of sp³-hybridized carbons (Fsp3) is 0.222. The molecule has 2 aromatic carbocycles. The van der Waals surface area contributed by atoms with Crippen LogP contribution in [0, 0.1) is 0 Å². The number of para-hydroxylation sites is 2.